The summed E-state index contributed by atoms with van der Waals surface area (Å²) in [6, 6.07) is 8.99. The number of furan rings is 1. The van der Waals surface area contributed by atoms with Crippen LogP contribution in [0.2, 0.25) is 0 Å². The normalized spacial score (nSPS) is 12.2. The third kappa shape index (κ3) is 2.85. The predicted octanol–water partition coefficient (Wildman–Crippen LogP) is 2.73. The standard InChI is InChI=1S/C15H17NO3/c1-9-6-10(2)8-11(7-9)14(16)12-4-5-13(19-12)15(17)18-3/h4-8,14H,16H2,1-3H3. The predicted molar refractivity (Wildman–Crippen MR) is 72.0 cm³/mol. The van der Waals surface area contributed by atoms with Gasteiger partial charge in [-0.2, -0.15) is 0 Å². The Balaban J connectivity index is 2.30. The molecule has 0 amide bonds. The Kier molecular flexibility index (Phi) is 3.71. The zero-order valence-corrected chi connectivity index (χ0v) is 11.3. The number of methoxy groups -OCH3 is 1. The van der Waals surface area contributed by atoms with E-state index in [1.54, 1.807) is 12.1 Å². The van der Waals surface area contributed by atoms with Crippen molar-refractivity contribution in [3.63, 3.8) is 0 Å². The van der Waals surface area contributed by atoms with Gasteiger partial charge in [-0.05, 0) is 31.5 Å². The highest BCUT2D eigenvalue weighted by Gasteiger charge is 2.17. The molecule has 0 radical (unpaired) electrons. The van der Waals surface area contributed by atoms with Gasteiger partial charge in [-0.3, -0.25) is 0 Å². The van der Waals surface area contributed by atoms with Crippen LogP contribution < -0.4 is 5.73 Å². The first-order chi connectivity index (χ1) is 9.01. The molecule has 0 saturated carbocycles. The molecule has 2 N–H and O–H groups in total. The van der Waals surface area contributed by atoms with Crippen molar-refractivity contribution in [3.05, 3.63) is 58.5 Å². The molecule has 0 aliphatic rings. The average Bonchev–Trinajstić information content (AvgIpc) is 2.85. The van der Waals surface area contributed by atoms with Crippen molar-refractivity contribution in [1.82, 2.24) is 0 Å². The summed E-state index contributed by atoms with van der Waals surface area (Å²) in [7, 11) is 1.31. The fraction of sp³-hybridized carbons (Fsp3) is 0.267. The smallest absolute Gasteiger partial charge is 0.373 e. The van der Waals surface area contributed by atoms with E-state index < -0.39 is 12.0 Å². The lowest BCUT2D eigenvalue weighted by molar-refractivity contribution is 0.0562. The van der Waals surface area contributed by atoms with Gasteiger partial charge in [0.05, 0.1) is 13.2 Å². The Hall–Kier alpha value is -2.07. The van der Waals surface area contributed by atoms with Gasteiger partial charge in [-0.15, -0.1) is 0 Å². The van der Waals surface area contributed by atoms with E-state index >= 15 is 0 Å². The fourth-order valence-electron chi connectivity index (χ4n) is 2.08. The zero-order chi connectivity index (χ0) is 14.0. The molecular formula is C15H17NO3. The molecule has 4 nitrogen and oxygen atoms in total. The summed E-state index contributed by atoms with van der Waals surface area (Å²) >= 11 is 0. The van der Waals surface area contributed by atoms with Crippen LogP contribution in [0.1, 0.15) is 39.0 Å². The third-order valence-corrected chi connectivity index (χ3v) is 2.92. The van der Waals surface area contributed by atoms with E-state index in [2.05, 4.69) is 10.8 Å². The number of rotatable bonds is 3. The first-order valence-electron chi connectivity index (χ1n) is 6.03. The molecule has 0 spiro atoms. The molecule has 1 heterocycles. The van der Waals surface area contributed by atoms with Crippen LogP contribution in [0.15, 0.2) is 34.7 Å². The molecule has 100 valence electrons. The van der Waals surface area contributed by atoms with E-state index in [4.69, 9.17) is 10.2 Å². The highest BCUT2D eigenvalue weighted by atomic mass is 16.5. The minimum absolute atomic E-state index is 0.164. The van der Waals surface area contributed by atoms with Crippen LogP contribution in [0, 0.1) is 13.8 Å². The van der Waals surface area contributed by atoms with Gasteiger partial charge in [0.1, 0.15) is 5.76 Å². The van der Waals surface area contributed by atoms with E-state index in [1.165, 1.54) is 7.11 Å². The van der Waals surface area contributed by atoms with Gasteiger partial charge in [-0.25, -0.2) is 4.79 Å². The van der Waals surface area contributed by atoms with Gasteiger partial charge < -0.3 is 14.9 Å². The summed E-state index contributed by atoms with van der Waals surface area (Å²) in [6.07, 6.45) is 0. The lowest BCUT2D eigenvalue weighted by Crippen LogP contribution is -2.11. The van der Waals surface area contributed by atoms with Crippen LogP contribution >= 0.6 is 0 Å². The molecule has 1 unspecified atom stereocenters. The molecule has 1 aromatic heterocycles. The molecule has 4 heteroatoms. The van der Waals surface area contributed by atoms with Gasteiger partial charge in [0.2, 0.25) is 5.76 Å². The number of aryl methyl sites for hydroxylation is 2. The van der Waals surface area contributed by atoms with Gasteiger partial charge in [0.25, 0.3) is 0 Å². The maximum absolute atomic E-state index is 11.3. The monoisotopic (exact) mass is 259 g/mol. The third-order valence-electron chi connectivity index (χ3n) is 2.92. The molecule has 0 bridgehead atoms. The summed E-state index contributed by atoms with van der Waals surface area (Å²) < 4.78 is 10.0. The minimum atomic E-state index is -0.501. The summed E-state index contributed by atoms with van der Waals surface area (Å²) in [5, 5.41) is 0. The first kappa shape index (κ1) is 13.4. The quantitative estimate of drug-likeness (QED) is 0.861. The Labute approximate surface area is 112 Å². The van der Waals surface area contributed by atoms with E-state index in [0.717, 1.165) is 16.7 Å². The van der Waals surface area contributed by atoms with Crippen molar-refractivity contribution in [3.8, 4) is 0 Å². The summed E-state index contributed by atoms with van der Waals surface area (Å²) in [5.41, 5.74) is 9.41. The number of carbonyl (C=O) groups excluding carboxylic acids is 1. The SMILES string of the molecule is COC(=O)c1ccc(C(N)c2cc(C)cc(C)c2)o1. The second-order valence-electron chi connectivity index (χ2n) is 4.59. The largest absolute Gasteiger partial charge is 0.463 e. The van der Waals surface area contributed by atoms with E-state index in [9.17, 15) is 4.79 Å². The molecule has 0 saturated heterocycles. The molecule has 2 rings (SSSR count). The van der Waals surface area contributed by atoms with Crippen LogP contribution in [0.3, 0.4) is 0 Å². The second kappa shape index (κ2) is 5.28. The van der Waals surface area contributed by atoms with E-state index in [0.29, 0.717) is 5.76 Å². The number of esters is 1. The maximum Gasteiger partial charge on any atom is 0.373 e. The number of ether oxygens (including phenoxy) is 1. The van der Waals surface area contributed by atoms with Crippen LogP contribution in [0.4, 0.5) is 0 Å². The highest BCUT2D eigenvalue weighted by molar-refractivity contribution is 5.86. The van der Waals surface area contributed by atoms with Crippen molar-refractivity contribution < 1.29 is 13.9 Å². The maximum atomic E-state index is 11.3. The molecule has 19 heavy (non-hydrogen) atoms. The number of hydrogen-bond donors (Lipinski definition) is 1. The summed E-state index contributed by atoms with van der Waals surface area (Å²) in [5.74, 6) is 0.210. The molecule has 0 aliphatic carbocycles. The van der Waals surface area contributed by atoms with Gasteiger partial charge in [-0.1, -0.05) is 29.3 Å². The topological polar surface area (TPSA) is 65.5 Å². The highest BCUT2D eigenvalue weighted by Crippen LogP contribution is 2.23. The van der Waals surface area contributed by atoms with Crippen LogP contribution in [-0.4, -0.2) is 13.1 Å². The molecule has 2 aromatic rings. The van der Waals surface area contributed by atoms with Gasteiger partial charge in [0, 0.05) is 0 Å². The van der Waals surface area contributed by atoms with Gasteiger partial charge in [0.15, 0.2) is 0 Å². The molecular weight excluding hydrogens is 242 g/mol. The van der Waals surface area contributed by atoms with Crippen LogP contribution in [0.5, 0.6) is 0 Å². The van der Waals surface area contributed by atoms with Crippen LogP contribution in [-0.2, 0) is 4.74 Å². The summed E-state index contributed by atoms with van der Waals surface area (Å²) in [6.45, 7) is 4.04. The van der Waals surface area contributed by atoms with Gasteiger partial charge >= 0.3 is 5.97 Å². The van der Waals surface area contributed by atoms with Crippen molar-refractivity contribution >= 4 is 5.97 Å². The number of carbonyl (C=O) groups is 1. The lowest BCUT2D eigenvalue weighted by Gasteiger charge is -2.11. The van der Waals surface area contributed by atoms with E-state index in [1.807, 2.05) is 26.0 Å². The minimum Gasteiger partial charge on any atom is -0.463 e. The Morgan fingerprint density at radius 1 is 1.21 bits per heavy atom. The van der Waals surface area contributed by atoms with Crippen molar-refractivity contribution in [2.45, 2.75) is 19.9 Å². The number of nitrogens with two attached hydrogens (primary N) is 1. The lowest BCUT2D eigenvalue weighted by atomic mass is 10.0. The second-order valence-corrected chi connectivity index (χ2v) is 4.59. The Morgan fingerprint density at radius 3 is 2.42 bits per heavy atom. The molecule has 0 aliphatic heterocycles. The average molecular weight is 259 g/mol. The molecule has 1 aromatic carbocycles. The molecule has 0 fully saturated rings. The zero-order valence-electron chi connectivity index (χ0n) is 11.3. The Morgan fingerprint density at radius 2 is 1.84 bits per heavy atom. The van der Waals surface area contributed by atoms with Crippen LogP contribution in [0.25, 0.3) is 0 Å². The number of benzene rings is 1. The fourth-order valence-corrected chi connectivity index (χ4v) is 2.08. The van der Waals surface area contributed by atoms with E-state index in [-0.39, 0.29) is 5.76 Å². The number of hydrogen-bond acceptors (Lipinski definition) is 4. The molecule has 1 atom stereocenters. The Bertz CT molecular complexity index is 581. The van der Waals surface area contributed by atoms with Crippen molar-refractivity contribution in [1.29, 1.82) is 0 Å². The first-order valence-corrected chi connectivity index (χ1v) is 6.03. The summed E-state index contributed by atoms with van der Waals surface area (Å²) in [4.78, 5) is 11.3. The van der Waals surface area contributed by atoms with Crippen molar-refractivity contribution in [2.24, 2.45) is 5.73 Å². The van der Waals surface area contributed by atoms with Crippen molar-refractivity contribution in [2.75, 3.05) is 7.11 Å².